The first-order chi connectivity index (χ1) is 13.8. The number of thioether (sulfide) groups is 1. The molecule has 2 heterocycles. The average molecular weight is 416 g/mol. The number of hydrogen-bond acceptors (Lipinski definition) is 7. The Hall–Kier alpha value is -3.32. The summed E-state index contributed by atoms with van der Waals surface area (Å²) in [6.07, 6.45) is -0.211. The van der Waals surface area contributed by atoms with Crippen LogP contribution in [-0.2, 0) is 19.1 Å². The number of likely N-dealkylation sites (N-methyl/N-ethyl adjacent to an activating group) is 1. The van der Waals surface area contributed by atoms with Crippen molar-refractivity contribution in [2.45, 2.75) is 17.6 Å². The molecule has 0 saturated carbocycles. The fourth-order valence-electron chi connectivity index (χ4n) is 3.27. The lowest BCUT2D eigenvalue weighted by Gasteiger charge is -2.31. The second-order valence-corrected chi connectivity index (χ2v) is 7.45. The molecule has 0 aromatic heterocycles. The van der Waals surface area contributed by atoms with Crippen LogP contribution in [-0.4, -0.2) is 42.1 Å². The Morgan fingerprint density at radius 1 is 1.38 bits per heavy atom. The molecule has 2 aliphatic heterocycles. The standard InChI is InChI=1S/C19H17FN4O4S/c1-23-17(26)15-14(9-3-5-10(20)6-4-9)11(8-21)16(22)24-18(27)12(29-19(15)24)7-13(25)28-2/h3-6,12,14H,7,22H2,1-2H3,(H,23,26)/t12-,14-/m1/s1. The molecule has 1 saturated heterocycles. The first kappa shape index (κ1) is 20.4. The van der Waals surface area contributed by atoms with Gasteiger partial charge >= 0.3 is 5.97 Å². The number of amides is 2. The molecule has 0 unspecified atom stereocenters. The van der Waals surface area contributed by atoms with E-state index < -0.39 is 34.8 Å². The topological polar surface area (TPSA) is 126 Å². The van der Waals surface area contributed by atoms with Crippen molar-refractivity contribution in [1.82, 2.24) is 10.2 Å². The van der Waals surface area contributed by atoms with E-state index in [9.17, 15) is 24.0 Å². The number of fused-ring (bicyclic) bond motifs is 1. The third-order valence-corrected chi connectivity index (χ3v) is 5.93. The number of allylic oxidation sites excluding steroid dienone is 1. The van der Waals surface area contributed by atoms with Crippen molar-refractivity contribution >= 4 is 29.5 Å². The molecule has 10 heteroatoms. The normalized spacial score (nSPS) is 21.0. The van der Waals surface area contributed by atoms with Gasteiger partial charge in [0.05, 0.1) is 41.7 Å². The first-order valence-corrected chi connectivity index (χ1v) is 9.40. The van der Waals surface area contributed by atoms with Gasteiger partial charge in [-0.1, -0.05) is 23.9 Å². The second kappa shape index (κ2) is 7.97. The van der Waals surface area contributed by atoms with E-state index in [1.165, 1.54) is 38.4 Å². The molecule has 0 spiro atoms. The third kappa shape index (κ3) is 3.45. The van der Waals surface area contributed by atoms with E-state index in [0.717, 1.165) is 16.7 Å². The monoisotopic (exact) mass is 416 g/mol. The molecule has 1 aromatic rings. The molecule has 3 rings (SSSR count). The van der Waals surface area contributed by atoms with Gasteiger partial charge in [-0.2, -0.15) is 5.26 Å². The van der Waals surface area contributed by atoms with Gasteiger partial charge < -0.3 is 15.8 Å². The summed E-state index contributed by atoms with van der Waals surface area (Å²) in [6.45, 7) is 0. The minimum Gasteiger partial charge on any atom is -0.469 e. The summed E-state index contributed by atoms with van der Waals surface area (Å²) in [6, 6.07) is 7.32. The number of ether oxygens (including phenoxy) is 1. The predicted octanol–water partition coefficient (Wildman–Crippen LogP) is 1.08. The Bertz CT molecular complexity index is 996. The molecule has 1 aromatic carbocycles. The molecule has 1 fully saturated rings. The maximum atomic E-state index is 13.4. The van der Waals surface area contributed by atoms with Gasteiger partial charge in [0, 0.05) is 7.05 Å². The molecule has 29 heavy (non-hydrogen) atoms. The van der Waals surface area contributed by atoms with Gasteiger partial charge in [-0.15, -0.1) is 0 Å². The fraction of sp³-hybridized carbons (Fsp3) is 0.263. The highest BCUT2D eigenvalue weighted by Gasteiger charge is 2.48. The van der Waals surface area contributed by atoms with Crippen LogP contribution in [0.15, 0.2) is 46.3 Å². The SMILES string of the molecule is CNC(=O)C1=C2S[C@H](CC(=O)OC)C(=O)N2C(N)=C(C#N)[C@H]1c1ccc(F)cc1. The van der Waals surface area contributed by atoms with Crippen LogP contribution in [0.1, 0.15) is 17.9 Å². The maximum absolute atomic E-state index is 13.4. The number of nitrogens with two attached hydrogens (primary N) is 1. The molecule has 0 radical (unpaired) electrons. The zero-order valence-electron chi connectivity index (χ0n) is 15.6. The number of hydrogen-bond donors (Lipinski definition) is 2. The zero-order chi connectivity index (χ0) is 21.3. The number of benzene rings is 1. The molecule has 2 aliphatic rings. The van der Waals surface area contributed by atoms with E-state index in [-0.39, 0.29) is 28.4 Å². The van der Waals surface area contributed by atoms with Crippen molar-refractivity contribution in [3.63, 3.8) is 0 Å². The van der Waals surface area contributed by atoms with Crippen LogP contribution in [0.2, 0.25) is 0 Å². The summed E-state index contributed by atoms with van der Waals surface area (Å²) in [5, 5.41) is 11.7. The number of esters is 1. The number of rotatable bonds is 4. The number of halogens is 1. The Kier molecular flexibility index (Phi) is 5.61. The molecule has 0 bridgehead atoms. The maximum Gasteiger partial charge on any atom is 0.307 e. The van der Waals surface area contributed by atoms with E-state index in [2.05, 4.69) is 10.1 Å². The zero-order valence-corrected chi connectivity index (χ0v) is 16.4. The van der Waals surface area contributed by atoms with Crippen molar-refractivity contribution in [2.75, 3.05) is 14.2 Å². The van der Waals surface area contributed by atoms with E-state index in [4.69, 9.17) is 5.73 Å². The van der Waals surface area contributed by atoms with Gasteiger partial charge in [-0.05, 0) is 17.7 Å². The molecule has 150 valence electrons. The number of nitriles is 1. The van der Waals surface area contributed by atoms with Gasteiger partial charge in [0.1, 0.15) is 16.9 Å². The molecular formula is C19H17FN4O4S. The summed E-state index contributed by atoms with van der Waals surface area (Å²) < 4.78 is 18.0. The van der Waals surface area contributed by atoms with Crippen LogP contribution in [0.4, 0.5) is 4.39 Å². The number of nitrogens with zero attached hydrogens (tertiary/aromatic N) is 2. The quantitative estimate of drug-likeness (QED) is 0.704. The van der Waals surface area contributed by atoms with E-state index in [1.807, 2.05) is 6.07 Å². The molecular weight excluding hydrogens is 399 g/mol. The molecule has 2 atom stereocenters. The number of carbonyl (C=O) groups excluding carboxylic acids is 3. The summed E-state index contributed by atoms with van der Waals surface area (Å²) in [5.74, 6) is -3.09. The fourth-order valence-corrected chi connectivity index (χ4v) is 4.59. The minimum absolute atomic E-state index is 0.00775. The Labute approximate surface area is 170 Å². The molecule has 0 aliphatic carbocycles. The van der Waals surface area contributed by atoms with Crippen molar-refractivity contribution in [3.05, 3.63) is 57.6 Å². The van der Waals surface area contributed by atoms with Gasteiger partial charge in [-0.25, -0.2) is 4.39 Å². The largest absolute Gasteiger partial charge is 0.469 e. The van der Waals surface area contributed by atoms with Gasteiger partial charge in [0.25, 0.3) is 5.91 Å². The van der Waals surface area contributed by atoms with Crippen LogP contribution >= 0.6 is 11.8 Å². The Morgan fingerprint density at radius 3 is 2.59 bits per heavy atom. The number of nitrogens with one attached hydrogen (secondary N) is 1. The van der Waals surface area contributed by atoms with Crippen LogP contribution in [0.25, 0.3) is 0 Å². The summed E-state index contributed by atoms with van der Waals surface area (Å²) in [7, 11) is 2.63. The number of methoxy groups -OCH3 is 1. The average Bonchev–Trinajstić information content (AvgIpc) is 3.03. The predicted molar refractivity (Wildman–Crippen MR) is 102 cm³/mol. The highest BCUT2D eigenvalue weighted by molar-refractivity contribution is 8.04. The van der Waals surface area contributed by atoms with E-state index in [1.54, 1.807) is 0 Å². The smallest absolute Gasteiger partial charge is 0.307 e. The van der Waals surface area contributed by atoms with Crippen molar-refractivity contribution < 1.29 is 23.5 Å². The third-order valence-electron chi connectivity index (χ3n) is 4.65. The molecule has 2 amide bonds. The lowest BCUT2D eigenvalue weighted by molar-refractivity contribution is -0.142. The highest BCUT2D eigenvalue weighted by Crippen LogP contribution is 2.49. The van der Waals surface area contributed by atoms with Crippen LogP contribution in [0.5, 0.6) is 0 Å². The van der Waals surface area contributed by atoms with Gasteiger partial charge in [-0.3, -0.25) is 19.3 Å². The van der Waals surface area contributed by atoms with Crippen LogP contribution < -0.4 is 11.1 Å². The van der Waals surface area contributed by atoms with Gasteiger partial charge in [0.2, 0.25) is 5.91 Å². The van der Waals surface area contributed by atoms with Crippen molar-refractivity contribution in [2.24, 2.45) is 5.73 Å². The minimum atomic E-state index is -0.885. The summed E-state index contributed by atoms with van der Waals surface area (Å²) >= 11 is 1.01. The molecule has 8 nitrogen and oxygen atoms in total. The Morgan fingerprint density at radius 2 is 2.03 bits per heavy atom. The lowest BCUT2D eigenvalue weighted by atomic mass is 9.82. The highest BCUT2D eigenvalue weighted by atomic mass is 32.2. The van der Waals surface area contributed by atoms with E-state index >= 15 is 0 Å². The van der Waals surface area contributed by atoms with Crippen molar-refractivity contribution in [3.8, 4) is 6.07 Å². The Balaban J connectivity index is 2.20. The van der Waals surface area contributed by atoms with E-state index in [0.29, 0.717) is 5.56 Å². The van der Waals surface area contributed by atoms with Gasteiger partial charge in [0.15, 0.2) is 0 Å². The summed E-state index contributed by atoms with van der Waals surface area (Å²) in [5.41, 5.74) is 6.75. The first-order valence-electron chi connectivity index (χ1n) is 8.52. The molecule has 3 N–H and O–H groups in total. The number of carbonyl (C=O) groups is 3. The van der Waals surface area contributed by atoms with Crippen LogP contribution in [0, 0.1) is 17.1 Å². The second-order valence-electron chi connectivity index (χ2n) is 6.25. The lowest BCUT2D eigenvalue weighted by Crippen LogP contribution is -2.39. The van der Waals surface area contributed by atoms with Crippen LogP contribution in [0.3, 0.4) is 0 Å². The van der Waals surface area contributed by atoms with Crippen molar-refractivity contribution in [1.29, 1.82) is 5.26 Å². The summed E-state index contributed by atoms with van der Waals surface area (Å²) in [4.78, 5) is 38.4.